The zero-order valence-corrected chi connectivity index (χ0v) is 15.7. The molecule has 1 aliphatic rings. The molecular weight excluding hydrogens is 346 g/mol. The average Bonchev–Trinajstić information content (AvgIpc) is 3.09. The van der Waals surface area contributed by atoms with Gasteiger partial charge in [-0.15, -0.1) is 0 Å². The predicted molar refractivity (Wildman–Crippen MR) is 106 cm³/mol. The van der Waals surface area contributed by atoms with E-state index in [4.69, 9.17) is 16.7 Å². The fraction of sp³-hybridized carbons (Fsp3) is 0.409. The van der Waals surface area contributed by atoms with Gasteiger partial charge >= 0.3 is 5.97 Å². The Labute approximate surface area is 160 Å². The van der Waals surface area contributed by atoms with Crippen molar-refractivity contribution >= 4 is 17.6 Å². The van der Waals surface area contributed by atoms with E-state index in [0.717, 1.165) is 30.7 Å². The van der Waals surface area contributed by atoms with Gasteiger partial charge in [0, 0.05) is 23.5 Å². The van der Waals surface area contributed by atoms with E-state index in [1.54, 1.807) is 0 Å². The van der Waals surface area contributed by atoms with E-state index in [1.807, 2.05) is 30.3 Å². The first kappa shape index (κ1) is 18.9. The molecule has 1 saturated carbocycles. The first-order valence-electron chi connectivity index (χ1n) is 9.37. The molecule has 0 amide bonds. The van der Waals surface area contributed by atoms with Crippen molar-refractivity contribution in [2.75, 3.05) is 0 Å². The quantitative estimate of drug-likeness (QED) is 0.683. The lowest BCUT2D eigenvalue weighted by molar-refractivity contribution is -0.137. The van der Waals surface area contributed by atoms with Crippen LogP contribution in [0.4, 0.5) is 0 Å². The molecule has 0 aliphatic heterocycles. The number of rotatable bonds is 8. The minimum Gasteiger partial charge on any atom is -0.481 e. The van der Waals surface area contributed by atoms with E-state index >= 15 is 0 Å². The Morgan fingerprint density at radius 1 is 1.12 bits per heavy atom. The van der Waals surface area contributed by atoms with Gasteiger partial charge in [-0.05, 0) is 61.3 Å². The summed E-state index contributed by atoms with van der Waals surface area (Å²) in [5.41, 5.74) is 2.60. The summed E-state index contributed by atoms with van der Waals surface area (Å²) in [6, 6.07) is 19.1. The standard InChI is InChI=1S/C22H26ClNO2/c23-19-9-6-17(7-10-19)18-8-11-21(15-18)24-20(12-13-22(25)26)14-16-4-2-1-3-5-16/h1-7,9-10,18,20-21,24H,8,11-15H2,(H,25,26). The predicted octanol–water partition coefficient (Wildman–Crippen LogP) is 5.04. The molecule has 3 rings (SSSR count). The van der Waals surface area contributed by atoms with Crippen molar-refractivity contribution in [3.8, 4) is 0 Å². The normalized spacial score (nSPS) is 20.8. The second-order valence-corrected chi connectivity index (χ2v) is 7.68. The van der Waals surface area contributed by atoms with E-state index < -0.39 is 5.97 Å². The molecular formula is C22H26ClNO2. The van der Waals surface area contributed by atoms with Gasteiger partial charge in [-0.25, -0.2) is 0 Å². The van der Waals surface area contributed by atoms with Crippen molar-refractivity contribution in [3.63, 3.8) is 0 Å². The molecule has 0 radical (unpaired) electrons. The molecule has 3 atom stereocenters. The number of hydrogen-bond acceptors (Lipinski definition) is 2. The van der Waals surface area contributed by atoms with Crippen LogP contribution in [-0.2, 0) is 11.2 Å². The Balaban J connectivity index is 1.59. The van der Waals surface area contributed by atoms with Gasteiger partial charge < -0.3 is 10.4 Å². The molecule has 1 aliphatic carbocycles. The van der Waals surface area contributed by atoms with Crippen LogP contribution in [0.15, 0.2) is 54.6 Å². The molecule has 2 aromatic rings. The lowest BCUT2D eigenvalue weighted by Crippen LogP contribution is -2.38. The van der Waals surface area contributed by atoms with Crippen LogP contribution in [0.25, 0.3) is 0 Å². The van der Waals surface area contributed by atoms with Crippen LogP contribution in [0.3, 0.4) is 0 Å². The molecule has 3 nitrogen and oxygen atoms in total. The van der Waals surface area contributed by atoms with Gasteiger partial charge in [0.2, 0.25) is 0 Å². The molecule has 0 saturated heterocycles. The van der Waals surface area contributed by atoms with Crippen molar-refractivity contribution in [1.82, 2.24) is 5.32 Å². The molecule has 26 heavy (non-hydrogen) atoms. The molecule has 0 aromatic heterocycles. The highest BCUT2D eigenvalue weighted by atomic mass is 35.5. The van der Waals surface area contributed by atoms with E-state index in [0.29, 0.717) is 18.4 Å². The van der Waals surface area contributed by atoms with Gasteiger partial charge in [-0.3, -0.25) is 4.79 Å². The molecule has 3 unspecified atom stereocenters. The molecule has 1 fully saturated rings. The summed E-state index contributed by atoms with van der Waals surface area (Å²) in [6.07, 6.45) is 5.13. The van der Waals surface area contributed by atoms with Crippen LogP contribution in [0, 0.1) is 0 Å². The highest BCUT2D eigenvalue weighted by molar-refractivity contribution is 6.30. The van der Waals surface area contributed by atoms with Gasteiger partial charge in [-0.2, -0.15) is 0 Å². The SMILES string of the molecule is O=C(O)CCC(Cc1ccccc1)NC1CCC(c2ccc(Cl)cc2)C1. The number of benzene rings is 2. The van der Waals surface area contributed by atoms with Crippen molar-refractivity contribution in [2.24, 2.45) is 0 Å². The van der Waals surface area contributed by atoms with Gasteiger partial charge in [-0.1, -0.05) is 54.1 Å². The maximum absolute atomic E-state index is 11.0. The van der Waals surface area contributed by atoms with Gasteiger partial charge in [0.1, 0.15) is 0 Å². The molecule has 4 heteroatoms. The summed E-state index contributed by atoms with van der Waals surface area (Å²) in [5.74, 6) is -0.169. The van der Waals surface area contributed by atoms with Crippen LogP contribution in [0.2, 0.25) is 5.02 Å². The molecule has 0 heterocycles. The summed E-state index contributed by atoms with van der Waals surface area (Å²) < 4.78 is 0. The monoisotopic (exact) mass is 371 g/mol. The fourth-order valence-electron chi connectivity index (χ4n) is 3.94. The van der Waals surface area contributed by atoms with Crippen LogP contribution < -0.4 is 5.32 Å². The highest BCUT2D eigenvalue weighted by Crippen LogP contribution is 2.35. The van der Waals surface area contributed by atoms with Crippen LogP contribution in [0.1, 0.15) is 49.1 Å². The first-order chi connectivity index (χ1) is 12.6. The van der Waals surface area contributed by atoms with Gasteiger partial charge in [0.15, 0.2) is 0 Å². The minimum absolute atomic E-state index is 0.197. The smallest absolute Gasteiger partial charge is 0.303 e. The molecule has 0 spiro atoms. The Hall–Kier alpha value is -1.84. The summed E-state index contributed by atoms with van der Waals surface area (Å²) in [4.78, 5) is 11.0. The second kappa shape index (κ2) is 9.20. The minimum atomic E-state index is -0.727. The summed E-state index contributed by atoms with van der Waals surface area (Å²) in [7, 11) is 0. The number of aliphatic carboxylic acids is 1. The average molecular weight is 372 g/mol. The maximum atomic E-state index is 11.0. The third-order valence-electron chi connectivity index (χ3n) is 5.28. The summed E-state index contributed by atoms with van der Waals surface area (Å²) >= 11 is 5.99. The topological polar surface area (TPSA) is 49.3 Å². The maximum Gasteiger partial charge on any atom is 0.303 e. The van der Waals surface area contributed by atoms with Crippen molar-refractivity contribution in [2.45, 2.75) is 56.5 Å². The first-order valence-corrected chi connectivity index (χ1v) is 9.75. The third-order valence-corrected chi connectivity index (χ3v) is 5.53. The highest BCUT2D eigenvalue weighted by Gasteiger charge is 2.27. The Bertz CT molecular complexity index is 702. The number of carboxylic acid groups (broad SMARTS) is 1. The molecule has 0 bridgehead atoms. The Kier molecular flexibility index (Phi) is 6.70. The number of carbonyl (C=O) groups is 1. The number of carboxylic acids is 1. The molecule has 2 N–H and O–H groups in total. The van der Waals surface area contributed by atoms with Gasteiger partial charge in [0.05, 0.1) is 0 Å². The summed E-state index contributed by atoms with van der Waals surface area (Å²) in [6.45, 7) is 0. The molecule has 138 valence electrons. The zero-order valence-electron chi connectivity index (χ0n) is 14.9. The zero-order chi connectivity index (χ0) is 18.4. The molecule has 2 aromatic carbocycles. The lowest BCUT2D eigenvalue weighted by Gasteiger charge is -2.23. The van der Waals surface area contributed by atoms with Crippen LogP contribution in [-0.4, -0.2) is 23.2 Å². The van der Waals surface area contributed by atoms with Gasteiger partial charge in [0.25, 0.3) is 0 Å². The van der Waals surface area contributed by atoms with Crippen molar-refractivity contribution in [1.29, 1.82) is 0 Å². The second-order valence-electron chi connectivity index (χ2n) is 7.24. The largest absolute Gasteiger partial charge is 0.481 e. The van der Waals surface area contributed by atoms with E-state index in [-0.39, 0.29) is 12.5 Å². The number of nitrogens with one attached hydrogen (secondary N) is 1. The van der Waals surface area contributed by atoms with E-state index in [2.05, 4.69) is 29.6 Å². The van der Waals surface area contributed by atoms with Crippen LogP contribution in [0.5, 0.6) is 0 Å². The van der Waals surface area contributed by atoms with Crippen molar-refractivity contribution < 1.29 is 9.90 Å². The van der Waals surface area contributed by atoms with E-state index in [1.165, 1.54) is 11.1 Å². The van der Waals surface area contributed by atoms with Crippen molar-refractivity contribution in [3.05, 3.63) is 70.7 Å². The number of halogens is 1. The third kappa shape index (κ3) is 5.58. The Morgan fingerprint density at radius 3 is 2.54 bits per heavy atom. The fourth-order valence-corrected chi connectivity index (χ4v) is 4.07. The number of hydrogen-bond donors (Lipinski definition) is 2. The summed E-state index contributed by atoms with van der Waals surface area (Å²) in [5, 5.41) is 13.6. The Morgan fingerprint density at radius 2 is 1.85 bits per heavy atom. The van der Waals surface area contributed by atoms with Crippen LogP contribution >= 0.6 is 11.6 Å². The van der Waals surface area contributed by atoms with E-state index in [9.17, 15) is 4.79 Å². The lowest BCUT2D eigenvalue weighted by atomic mass is 9.97.